The molecule has 1 aromatic carbocycles. The zero-order valence-corrected chi connectivity index (χ0v) is 11.6. The summed E-state index contributed by atoms with van der Waals surface area (Å²) in [6, 6.07) is 9.52. The third-order valence-corrected chi connectivity index (χ3v) is 4.18. The van der Waals surface area contributed by atoms with Crippen LogP contribution in [0.25, 0.3) is 0 Å². The Kier molecular flexibility index (Phi) is 3.49. The van der Waals surface area contributed by atoms with Crippen LogP contribution in [0.2, 0.25) is 0 Å². The summed E-state index contributed by atoms with van der Waals surface area (Å²) in [7, 11) is 0. The number of carbonyl (C=O) groups excluding carboxylic acids is 2. The number of halogens is 1. The van der Waals surface area contributed by atoms with E-state index in [0.29, 0.717) is 17.9 Å². The van der Waals surface area contributed by atoms with Gasteiger partial charge in [-0.15, -0.1) is 0 Å². The van der Waals surface area contributed by atoms with Crippen molar-refractivity contribution in [1.82, 2.24) is 4.90 Å². The first-order valence-electron chi connectivity index (χ1n) is 6.65. The van der Waals surface area contributed by atoms with Crippen LogP contribution in [-0.2, 0) is 9.59 Å². The van der Waals surface area contributed by atoms with Gasteiger partial charge < -0.3 is 5.32 Å². The molecule has 0 radical (unpaired) electrons. The van der Waals surface area contributed by atoms with Gasteiger partial charge in [-0.25, -0.2) is 0 Å². The quantitative estimate of drug-likeness (QED) is 0.871. The van der Waals surface area contributed by atoms with E-state index in [2.05, 4.69) is 5.32 Å². The monoisotopic (exact) mass is 290 g/mol. The summed E-state index contributed by atoms with van der Waals surface area (Å²) in [6.45, 7) is 0.215. The smallest absolute Gasteiger partial charge is 0.234 e. The zero-order valence-electron chi connectivity index (χ0n) is 10.9. The van der Waals surface area contributed by atoms with Crippen LogP contribution >= 0.6 is 11.6 Å². The summed E-state index contributed by atoms with van der Waals surface area (Å²) in [5.74, 6) is -0.723. The number of para-hydroxylation sites is 1. The van der Waals surface area contributed by atoms with Crippen LogP contribution < -0.4 is 5.32 Å². The maximum atomic E-state index is 12.3. The summed E-state index contributed by atoms with van der Waals surface area (Å²) < 4.78 is 0. The molecule has 4 nitrogen and oxygen atoms in total. The van der Waals surface area contributed by atoms with Gasteiger partial charge in [0.1, 0.15) is 0 Å². The highest BCUT2D eigenvalue weighted by molar-refractivity contribution is 6.30. The minimum Gasteiger partial charge on any atom is -0.367 e. The van der Waals surface area contributed by atoms with Crippen molar-refractivity contribution in [3.05, 3.63) is 41.4 Å². The molecule has 1 aliphatic heterocycles. The summed E-state index contributed by atoms with van der Waals surface area (Å²) in [5.41, 5.74) is 0.888. The van der Waals surface area contributed by atoms with Crippen LogP contribution in [0.1, 0.15) is 12.8 Å². The molecule has 0 saturated carbocycles. The fraction of sp³-hybridized carbons (Fsp3) is 0.333. The van der Waals surface area contributed by atoms with Gasteiger partial charge >= 0.3 is 0 Å². The molecule has 104 valence electrons. The van der Waals surface area contributed by atoms with Crippen molar-refractivity contribution >= 4 is 29.1 Å². The molecule has 2 atom stereocenters. The summed E-state index contributed by atoms with van der Waals surface area (Å²) in [6.07, 6.45) is 2.90. The summed E-state index contributed by atoms with van der Waals surface area (Å²) in [5, 5.41) is 3.79. The first-order chi connectivity index (χ1) is 9.66. The molecule has 1 heterocycles. The number of likely N-dealkylation sites (tertiary alicyclic amines) is 1. The van der Waals surface area contributed by atoms with Gasteiger partial charge in [0.25, 0.3) is 0 Å². The Morgan fingerprint density at radius 1 is 1.15 bits per heavy atom. The van der Waals surface area contributed by atoms with Gasteiger partial charge in [0.2, 0.25) is 11.8 Å². The molecule has 0 spiro atoms. The van der Waals surface area contributed by atoms with Crippen molar-refractivity contribution in [1.29, 1.82) is 0 Å². The largest absolute Gasteiger partial charge is 0.367 e. The molecule has 1 aromatic rings. The van der Waals surface area contributed by atoms with Crippen LogP contribution in [0, 0.1) is 11.8 Å². The standard InChI is InChI=1S/C15H15ClN2O2/c16-10-6-7-12-13(8-10)15(20)18(14(12)19)9-17-11-4-2-1-3-5-11/h1-6,12-13,17H,7-9H2. The van der Waals surface area contributed by atoms with Crippen molar-refractivity contribution in [2.24, 2.45) is 11.8 Å². The Morgan fingerprint density at radius 2 is 1.85 bits per heavy atom. The highest BCUT2D eigenvalue weighted by Crippen LogP contribution is 2.38. The van der Waals surface area contributed by atoms with Gasteiger partial charge in [0.05, 0.1) is 18.5 Å². The number of hydrogen-bond acceptors (Lipinski definition) is 3. The average Bonchev–Trinajstić information content (AvgIpc) is 2.70. The Morgan fingerprint density at radius 3 is 2.60 bits per heavy atom. The van der Waals surface area contributed by atoms with Gasteiger partial charge in [0, 0.05) is 10.7 Å². The number of hydrogen-bond donors (Lipinski definition) is 1. The predicted molar refractivity (Wildman–Crippen MR) is 76.9 cm³/mol. The van der Waals surface area contributed by atoms with Crippen LogP contribution in [0.15, 0.2) is 41.4 Å². The van der Waals surface area contributed by atoms with Crippen molar-refractivity contribution in [2.75, 3.05) is 12.0 Å². The van der Waals surface area contributed by atoms with E-state index in [-0.39, 0.29) is 30.3 Å². The zero-order chi connectivity index (χ0) is 14.1. The molecular formula is C15H15ClN2O2. The molecule has 1 saturated heterocycles. The molecule has 2 aliphatic rings. The van der Waals surface area contributed by atoms with Gasteiger partial charge in [-0.05, 0) is 25.0 Å². The topological polar surface area (TPSA) is 49.4 Å². The van der Waals surface area contributed by atoms with Gasteiger partial charge in [-0.3, -0.25) is 14.5 Å². The summed E-state index contributed by atoms with van der Waals surface area (Å²) >= 11 is 5.98. The second-order valence-corrected chi connectivity index (χ2v) is 5.59. The minimum atomic E-state index is -0.280. The minimum absolute atomic E-state index is 0.0937. The SMILES string of the molecule is O=C1C2CC=C(Cl)CC2C(=O)N1CNc1ccccc1. The predicted octanol–water partition coefficient (Wildman–Crippen LogP) is 2.57. The third kappa shape index (κ3) is 2.31. The first kappa shape index (κ1) is 13.2. The second kappa shape index (κ2) is 5.29. The molecule has 5 heteroatoms. The molecule has 0 bridgehead atoms. The molecule has 1 N–H and O–H groups in total. The van der Waals surface area contributed by atoms with Crippen LogP contribution in [0.5, 0.6) is 0 Å². The van der Waals surface area contributed by atoms with Crippen molar-refractivity contribution in [3.8, 4) is 0 Å². The fourth-order valence-electron chi connectivity index (χ4n) is 2.78. The van der Waals surface area contributed by atoms with E-state index in [0.717, 1.165) is 5.69 Å². The number of carbonyl (C=O) groups is 2. The number of allylic oxidation sites excluding steroid dienone is 2. The lowest BCUT2D eigenvalue weighted by Gasteiger charge is -2.17. The molecule has 0 aromatic heterocycles. The van der Waals surface area contributed by atoms with E-state index in [1.54, 1.807) is 0 Å². The Bertz CT molecular complexity index is 570. The van der Waals surface area contributed by atoms with Crippen LogP contribution in [0.3, 0.4) is 0 Å². The number of benzene rings is 1. The van der Waals surface area contributed by atoms with Gasteiger partial charge in [-0.2, -0.15) is 0 Å². The lowest BCUT2D eigenvalue weighted by atomic mass is 9.85. The van der Waals surface area contributed by atoms with E-state index in [4.69, 9.17) is 11.6 Å². The maximum absolute atomic E-state index is 12.3. The number of nitrogens with zero attached hydrogens (tertiary/aromatic N) is 1. The Labute approximate surface area is 122 Å². The average molecular weight is 291 g/mol. The Hall–Kier alpha value is -1.81. The Balaban J connectivity index is 1.69. The molecule has 2 unspecified atom stereocenters. The summed E-state index contributed by atoms with van der Waals surface area (Å²) in [4.78, 5) is 25.9. The second-order valence-electron chi connectivity index (χ2n) is 5.11. The van der Waals surface area contributed by atoms with Crippen molar-refractivity contribution in [3.63, 3.8) is 0 Å². The number of nitrogens with one attached hydrogen (secondary N) is 1. The number of amides is 2. The molecule has 3 rings (SSSR count). The number of rotatable bonds is 3. The van der Waals surface area contributed by atoms with E-state index in [1.807, 2.05) is 36.4 Å². The van der Waals surface area contributed by atoms with E-state index < -0.39 is 0 Å². The normalized spacial score (nSPS) is 25.4. The molecule has 1 aliphatic carbocycles. The number of imide groups is 1. The lowest BCUT2D eigenvalue weighted by Crippen LogP contribution is -2.35. The highest BCUT2D eigenvalue weighted by Gasteiger charge is 2.48. The van der Waals surface area contributed by atoms with Gasteiger partial charge in [-0.1, -0.05) is 35.9 Å². The van der Waals surface area contributed by atoms with Crippen LogP contribution in [0.4, 0.5) is 5.69 Å². The van der Waals surface area contributed by atoms with Crippen molar-refractivity contribution < 1.29 is 9.59 Å². The number of anilines is 1. The van der Waals surface area contributed by atoms with E-state index >= 15 is 0 Å². The highest BCUT2D eigenvalue weighted by atomic mass is 35.5. The third-order valence-electron chi connectivity index (χ3n) is 3.88. The molecular weight excluding hydrogens is 276 g/mol. The first-order valence-corrected chi connectivity index (χ1v) is 7.03. The van der Waals surface area contributed by atoms with E-state index in [1.165, 1.54) is 4.90 Å². The number of fused-ring (bicyclic) bond motifs is 1. The maximum Gasteiger partial charge on any atom is 0.234 e. The lowest BCUT2D eigenvalue weighted by molar-refractivity contribution is -0.139. The van der Waals surface area contributed by atoms with E-state index in [9.17, 15) is 9.59 Å². The molecule has 20 heavy (non-hydrogen) atoms. The van der Waals surface area contributed by atoms with Gasteiger partial charge in [0.15, 0.2) is 0 Å². The van der Waals surface area contributed by atoms with Crippen LogP contribution in [-0.4, -0.2) is 23.4 Å². The molecule has 1 fully saturated rings. The molecule has 2 amide bonds. The van der Waals surface area contributed by atoms with Crippen molar-refractivity contribution in [2.45, 2.75) is 12.8 Å². The fourth-order valence-corrected chi connectivity index (χ4v) is 3.03.